The van der Waals surface area contributed by atoms with Gasteiger partial charge in [-0.25, -0.2) is 4.79 Å². The zero-order chi connectivity index (χ0) is 19.1. The molecule has 2 saturated carbocycles. The highest BCUT2D eigenvalue weighted by Crippen LogP contribution is 2.24. The van der Waals surface area contributed by atoms with Crippen molar-refractivity contribution in [2.75, 3.05) is 19.6 Å². The number of likely N-dealkylation sites (tertiary alicyclic amines) is 1. The molecule has 2 aliphatic carbocycles. The molecule has 0 spiro atoms. The highest BCUT2D eigenvalue weighted by atomic mass is 16.2. The fraction of sp³-hybridized carbons (Fsp3) is 0.850. The standard InChI is InChI=1S/C20H34N4O3/c25-18(14-21-19(26)15-6-4-5-7-15)24-12-10-17(11-13-24)23-20(27)22-16-8-2-1-3-9-16/h15-17H,1-14H2,(H,21,26)(H2,22,23,27). The summed E-state index contributed by atoms with van der Waals surface area (Å²) in [5, 5.41) is 8.94. The normalized spacial score (nSPS) is 22.4. The van der Waals surface area contributed by atoms with E-state index in [1.54, 1.807) is 4.90 Å². The van der Waals surface area contributed by atoms with Gasteiger partial charge >= 0.3 is 6.03 Å². The van der Waals surface area contributed by atoms with Gasteiger partial charge < -0.3 is 20.9 Å². The van der Waals surface area contributed by atoms with E-state index in [1.807, 2.05) is 0 Å². The SMILES string of the molecule is O=C(NC1CCCCC1)NC1CCN(C(=O)CNC(=O)C2CCCC2)CC1. The molecule has 3 aliphatic rings. The molecule has 0 aromatic rings. The average molecular weight is 379 g/mol. The van der Waals surface area contributed by atoms with Crippen molar-refractivity contribution in [1.82, 2.24) is 20.9 Å². The Bertz CT molecular complexity index is 519. The Hall–Kier alpha value is -1.79. The number of carbonyl (C=O) groups is 3. The molecule has 3 fully saturated rings. The van der Waals surface area contributed by atoms with Gasteiger partial charge in [0, 0.05) is 31.1 Å². The fourth-order valence-corrected chi connectivity index (χ4v) is 4.54. The van der Waals surface area contributed by atoms with E-state index in [2.05, 4.69) is 16.0 Å². The molecule has 0 atom stereocenters. The van der Waals surface area contributed by atoms with Crippen molar-refractivity contribution in [2.45, 2.75) is 82.7 Å². The molecule has 0 radical (unpaired) electrons. The Kier molecular flexibility index (Phi) is 7.35. The molecule has 0 aromatic heterocycles. The van der Waals surface area contributed by atoms with E-state index in [0.717, 1.165) is 51.4 Å². The maximum Gasteiger partial charge on any atom is 0.315 e. The average Bonchev–Trinajstić information content (AvgIpc) is 3.22. The van der Waals surface area contributed by atoms with Gasteiger partial charge in [0.2, 0.25) is 11.8 Å². The van der Waals surface area contributed by atoms with Gasteiger partial charge in [0.1, 0.15) is 0 Å². The molecule has 3 N–H and O–H groups in total. The van der Waals surface area contributed by atoms with Crippen molar-refractivity contribution in [2.24, 2.45) is 5.92 Å². The molecular formula is C20H34N4O3. The zero-order valence-corrected chi connectivity index (χ0v) is 16.3. The predicted molar refractivity (Wildman–Crippen MR) is 103 cm³/mol. The Labute approximate surface area is 162 Å². The van der Waals surface area contributed by atoms with E-state index < -0.39 is 0 Å². The molecule has 0 bridgehead atoms. The molecule has 27 heavy (non-hydrogen) atoms. The van der Waals surface area contributed by atoms with Crippen LogP contribution in [0.1, 0.15) is 70.6 Å². The summed E-state index contributed by atoms with van der Waals surface area (Å²) >= 11 is 0. The molecule has 7 nitrogen and oxygen atoms in total. The van der Waals surface area contributed by atoms with Crippen LogP contribution in [0.3, 0.4) is 0 Å². The van der Waals surface area contributed by atoms with Crippen molar-refractivity contribution in [3.8, 4) is 0 Å². The number of nitrogens with one attached hydrogen (secondary N) is 3. The van der Waals surface area contributed by atoms with Crippen LogP contribution >= 0.6 is 0 Å². The predicted octanol–water partition coefficient (Wildman–Crippen LogP) is 1.92. The molecule has 1 heterocycles. The summed E-state index contributed by atoms with van der Waals surface area (Å²) in [7, 11) is 0. The summed E-state index contributed by atoms with van der Waals surface area (Å²) < 4.78 is 0. The number of rotatable bonds is 5. The maximum absolute atomic E-state index is 12.3. The Balaban J connectivity index is 1.31. The third kappa shape index (κ3) is 6.11. The van der Waals surface area contributed by atoms with E-state index in [1.165, 1.54) is 19.3 Å². The summed E-state index contributed by atoms with van der Waals surface area (Å²) in [4.78, 5) is 38.3. The van der Waals surface area contributed by atoms with Crippen molar-refractivity contribution >= 4 is 17.8 Å². The van der Waals surface area contributed by atoms with E-state index in [4.69, 9.17) is 0 Å². The smallest absolute Gasteiger partial charge is 0.315 e. The van der Waals surface area contributed by atoms with Gasteiger partial charge in [-0.2, -0.15) is 0 Å². The lowest BCUT2D eigenvalue weighted by Gasteiger charge is -2.33. The largest absolute Gasteiger partial charge is 0.347 e. The summed E-state index contributed by atoms with van der Waals surface area (Å²) in [6.07, 6.45) is 11.5. The fourth-order valence-electron chi connectivity index (χ4n) is 4.54. The number of amides is 4. The minimum Gasteiger partial charge on any atom is -0.347 e. The van der Waals surface area contributed by atoms with Gasteiger partial charge in [-0.05, 0) is 38.5 Å². The minimum absolute atomic E-state index is 0.0218. The molecule has 1 saturated heterocycles. The Morgan fingerprint density at radius 2 is 1.30 bits per heavy atom. The van der Waals surface area contributed by atoms with E-state index in [9.17, 15) is 14.4 Å². The second kappa shape index (κ2) is 9.95. The van der Waals surface area contributed by atoms with Crippen LogP contribution in [0.15, 0.2) is 0 Å². The molecule has 4 amide bonds. The molecule has 1 aliphatic heterocycles. The highest BCUT2D eigenvalue weighted by Gasteiger charge is 2.26. The second-order valence-corrected chi connectivity index (χ2v) is 8.31. The lowest BCUT2D eigenvalue weighted by molar-refractivity contribution is -0.134. The lowest BCUT2D eigenvalue weighted by atomic mass is 9.96. The van der Waals surface area contributed by atoms with Gasteiger partial charge in [-0.3, -0.25) is 9.59 Å². The van der Waals surface area contributed by atoms with E-state index in [0.29, 0.717) is 19.1 Å². The van der Waals surface area contributed by atoms with Gasteiger partial charge in [-0.1, -0.05) is 32.1 Å². The summed E-state index contributed by atoms with van der Waals surface area (Å²) in [5.41, 5.74) is 0. The Morgan fingerprint density at radius 1 is 0.741 bits per heavy atom. The number of piperidine rings is 1. The zero-order valence-electron chi connectivity index (χ0n) is 16.3. The van der Waals surface area contributed by atoms with Crippen LogP contribution in [0.2, 0.25) is 0 Å². The van der Waals surface area contributed by atoms with Crippen LogP contribution in [0.4, 0.5) is 4.79 Å². The quantitative estimate of drug-likeness (QED) is 0.683. The van der Waals surface area contributed by atoms with Gasteiger partial charge in [0.15, 0.2) is 0 Å². The molecule has 0 unspecified atom stereocenters. The number of hydrogen-bond acceptors (Lipinski definition) is 3. The van der Waals surface area contributed by atoms with Crippen LogP contribution in [0.5, 0.6) is 0 Å². The van der Waals surface area contributed by atoms with Crippen LogP contribution in [0, 0.1) is 5.92 Å². The third-order valence-corrected chi connectivity index (χ3v) is 6.26. The highest BCUT2D eigenvalue weighted by molar-refractivity contribution is 5.86. The first-order valence-corrected chi connectivity index (χ1v) is 10.7. The first-order chi connectivity index (χ1) is 13.1. The summed E-state index contributed by atoms with van der Waals surface area (Å²) in [5.74, 6) is 0.0960. The molecule has 7 heteroatoms. The maximum atomic E-state index is 12.3. The summed E-state index contributed by atoms with van der Waals surface area (Å²) in [6.45, 7) is 1.36. The van der Waals surface area contributed by atoms with Crippen molar-refractivity contribution < 1.29 is 14.4 Å². The number of urea groups is 1. The first kappa shape index (κ1) is 20.0. The van der Waals surface area contributed by atoms with Gasteiger partial charge in [0.25, 0.3) is 0 Å². The number of nitrogens with zero attached hydrogens (tertiary/aromatic N) is 1. The molecular weight excluding hydrogens is 344 g/mol. The summed E-state index contributed by atoms with van der Waals surface area (Å²) in [6, 6.07) is 0.352. The lowest BCUT2D eigenvalue weighted by Crippen LogP contribution is -2.52. The monoisotopic (exact) mass is 378 g/mol. The van der Waals surface area contributed by atoms with Gasteiger partial charge in [-0.15, -0.1) is 0 Å². The third-order valence-electron chi connectivity index (χ3n) is 6.26. The second-order valence-electron chi connectivity index (χ2n) is 8.31. The molecule has 0 aromatic carbocycles. The first-order valence-electron chi connectivity index (χ1n) is 10.7. The van der Waals surface area contributed by atoms with Gasteiger partial charge in [0.05, 0.1) is 6.54 Å². The number of carbonyl (C=O) groups excluding carboxylic acids is 3. The number of hydrogen-bond donors (Lipinski definition) is 3. The van der Waals surface area contributed by atoms with E-state index in [-0.39, 0.29) is 36.3 Å². The molecule has 152 valence electrons. The minimum atomic E-state index is -0.0736. The van der Waals surface area contributed by atoms with Crippen LogP contribution in [-0.4, -0.2) is 54.5 Å². The van der Waals surface area contributed by atoms with Crippen LogP contribution < -0.4 is 16.0 Å². The molecule has 3 rings (SSSR count). The van der Waals surface area contributed by atoms with E-state index >= 15 is 0 Å². The van der Waals surface area contributed by atoms with Crippen molar-refractivity contribution in [1.29, 1.82) is 0 Å². The van der Waals surface area contributed by atoms with Crippen LogP contribution in [0.25, 0.3) is 0 Å². The van der Waals surface area contributed by atoms with Crippen molar-refractivity contribution in [3.05, 3.63) is 0 Å². The van der Waals surface area contributed by atoms with Crippen LogP contribution in [-0.2, 0) is 9.59 Å². The van der Waals surface area contributed by atoms with Crippen molar-refractivity contribution in [3.63, 3.8) is 0 Å². The topological polar surface area (TPSA) is 90.5 Å². The Morgan fingerprint density at radius 3 is 1.93 bits per heavy atom.